The summed E-state index contributed by atoms with van der Waals surface area (Å²) in [5, 5.41) is 2.89. The number of rotatable bonds is 5. The molecule has 2 aromatic rings. The zero-order chi connectivity index (χ0) is 17.6. The lowest BCUT2D eigenvalue weighted by molar-refractivity contribution is -0.121. The van der Waals surface area contributed by atoms with Gasteiger partial charge in [0.2, 0.25) is 5.91 Å². The van der Waals surface area contributed by atoms with Crippen LogP contribution in [-0.4, -0.2) is 39.4 Å². The van der Waals surface area contributed by atoms with Crippen LogP contribution in [0.25, 0.3) is 0 Å². The van der Waals surface area contributed by atoms with Crippen LogP contribution >= 0.6 is 0 Å². The van der Waals surface area contributed by atoms with Crippen LogP contribution in [0.15, 0.2) is 36.7 Å². The highest BCUT2D eigenvalue weighted by atomic mass is 16.2. The predicted molar refractivity (Wildman–Crippen MR) is 95.0 cm³/mol. The van der Waals surface area contributed by atoms with Crippen molar-refractivity contribution < 1.29 is 9.59 Å². The SMILES string of the molecule is Cc1nccn1CC(=O)NCc1ccc(C(=O)N2CCCCC2)cc1. The van der Waals surface area contributed by atoms with E-state index in [1.165, 1.54) is 6.42 Å². The number of piperidine rings is 1. The van der Waals surface area contributed by atoms with Crippen LogP contribution in [-0.2, 0) is 17.9 Å². The van der Waals surface area contributed by atoms with Gasteiger partial charge in [-0.05, 0) is 43.9 Å². The molecule has 1 aromatic heterocycles. The van der Waals surface area contributed by atoms with Crippen LogP contribution in [0.1, 0.15) is 41.0 Å². The molecule has 0 saturated carbocycles. The highest BCUT2D eigenvalue weighted by Crippen LogP contribution is 2.14. The van der Waals surface area contributed by atoms with Gasteiger partial charge >= 0.3 is 0 Å². The third-order valence-corrected chi connectivity index (χ3v) is 4.57. The van der Waals surface area contributed by atoms with Gasteiger partial charge in [0, 0.05) is 37.6 Å². The van der Waals surface area contributed by atoms with Crippen molar-refractivity contribution in [2.24, 2.45) is 0 Å². The lowest BCUT2D eigenvalue weighted by Gasteiger charge is -2.26. The van der Waals surface area contributed by atoms with Crippen molar-refractivity contribution in [3.63, 3.8) is 0 Å². The number of carbonyl (C=O) groups is 2. The largest absolute Gasteiger partial charge is 0.350 e. The van der Waals surface area contributed by atoms with Gasteiger partial charge in [0.1, 0.15) is 12.4 Å². The zero-order valence-electron chi connectivity index (χ0n) is 14.6. The van der Waals surface area contributed by atoms with Crippen LogP contribution in [0.4, 0.5) is 0 Å². The van der Waals surface area contributed by atoms with Crippen molar-refractivity contribution in [1.29, 1.82) is 0 Å². The number of hydrogen-bond donors (Lipinski definition) is 1. The third-order valence-electron chi connectivity index (χ3n) is 4.57. The number of nitrogens with one attached hydrogen (secondary N) is 1. The quantitative estimate of drug-likeness (QED) is 0.907. The van der Waals surface area contributed by atoms with E-state index < -0.39 is 0 Å². The fraction of sp³-hybridized carbons (Fsp3) is 0.421. The standard InChI is InChI=1S/C19H24N4O2/c1-15-20-9-12-23(15)14-18(24)21-13-16-5-7-17(8-6-16)19(25)22-10-3-2-4-11-22/h5-9,12H,2-4,10-11,13-14H2,1H3,(H,21,24). The molecule has 2 heterocycles. The van der Waals surface area contributed by atoms with E-state index in [9.17, 15) is 9.59 Å². The van der Waals surface area contributed by atoms with Crippen molar-refractivity contribution >= 4 is 11.8 Å². The summed E-state index contributed by atoms with van der Waals surface area (Å²) in [4.78, 5) is 30.5. The summed E-state index contributed by atoms with van der Waals surface area (Å²) in [7, 11) is 0. The molecule has 1 aliphatic rings. The zero-order valence-corrected chi connectivity index (χ0v) is 14.6. The number of aryl methyl sites for hydroxylation is 1. The molecule has 25 heavy (non-hydrogen) atoms. The van der Waals surface area contributed by atoms with Gasteiger partial charge in [-0.15, -0.1) is 0 Å². The summed E-state index contributed by atoms with van der Waals surface area (Å²) < 4.78 is 1.80. The summed E-state index contributed by atoms with van der Waals surface area (Å²) in [6, 6.07) is 7.50. The summed E-state index contributed by atoms with van der Waals surface area (Å²) in [6.45, 7) is 4.28. The average Bonchev–Trinajstić information content (AvgIpc) is 3.05. The van der Waals surface area contributed by atoms with Gasteiger partial charge in [0.05, 0.1) is 0 Å². The Morgan fingerprint density at radius 3 is 2.48 bits per heavy atom. The Hall–Kier alpha value is -2.63. The Morgan fingerprint density at radius 2 is 1.84 bits per heavy atom. The highest BCUT2D eigenvalue weighted by Gasteiger charge is 2.17. The molecule has 0 unspecified atom stereocenters. The van der Waals surface area contributed by atoms with Gasteiger partial charge in [0.15, 0.2) is 0 Å². The molecule has 0 bridgehead atoms. The van der Waals surface area contributed by atoms with E-state index in [2.05, 4.69) is 10.3 Å². The van der Waals surface area contributed by atoms with Gasteiger partial charge < -0.3 is 14.8 Å². The minimum atomic E-state index is -0.0606. The summed E-state index contributed by atoms with van der Waals surface area (Å²) in [5.41, 5.74) is 1.69. The molecule has 0 aliphatic carbocycles. The van der Waals surface area contributed by atoms with E-state index in [4.69, 9.17) is 0 Å². The highest BCUT2D eigenvalue weighted by molar-refractivity contribution is 5.94. The van der Waals surface area contributed by atoms with Crippen LogP contribution in [0, 0.1) is 6.92 Å². The Balaban J connectivity index is 1.51. The first kappa shape index (κ1) is 17.2. The first-order valence-electron chi connectivity index (χ1n) is 8.76. The minimum Gasteiger partial charge on any atom is -0.350 e. The van der Waals surface area contributed by atoms with E-state index in [1.54, 1.807) is 17.0 Å². The molecular weight excluding hydrogens is 316 g/mol. The summed E-state index contributed by atoms with van der Waals surface area (Å²) >= 11 is 0. The monoisotopic (exact) mass is 340 g/mol. The molecule has 0 spiro atoms. The van der Waals surface area contributed by atoms with Gasteiger partial charge in [0.25, 0.3) is 5.91 Å². The molecule has 1 N–H and O–H groups in total. The second-order valence-corrected chi connectivity index (χ2v) is 6.43. The second kappa shape index (κ2) is 7.96. The maximum Gasteiger partial charge on any atom is 0.253 e. The Bertz CT molecular complexity index is 730. The van der Waals surface area contributed by atoms with E-state index in [0.717, 1.165) is 37.3 Å². The van der Waals surface area contributed by atoms with Crippen molar-refractivity contribution in [2.75, 3.05) is 13.1 Å². The number of imidazole rings is 1. The molecule has 1 fully saturated rings. The van der Waals surface area contributed by atoms with Crippen molar-refractivity contribution in [3.05, 3.63) is 53.6 Å². The van der Waals surface area contributed by atoms with E-state index >= 15 is 0 Å². The maximum atomic E-state index is 12.4. The van der Waals surface area contributed by atoms with Crippen LogP contribution in [0.2, 0.25) is 0 Å². The number of hydrogen-bond acceptors (Lipinski definition) is 3. The lowest BCUT2D eigenvalue weighted by Crippen LogP contribution is -2.35. The second-order valence-electron chi connectivity index (χ2n) is 6.43. The minimum absolute atomic E-state index is 0.0606. The molecule has 0 radical (unpaired) electrons. The van der Waals surface area contributed by atoms with Crippen molar-refractivity contribution in [1.82, 2.24) is 19.8 Å². The van der Waals surface area contributed by atoms with Gasteiger partial charge in [-0.3, -0.25) is 9.59 Å². The Kier molecular flexibility index (Phi) is 5.48. The molecule has 6 nitrogen and oxygen atoms in total. The van der Waals surface area contributed by atoms with Gasteiger partial charge in [-0.25, -0.2) is 4.98 Å². The molecule has 6 heteroatoms. The van der Waals surface area contributed by atoms with Crippen LogP contribution in [0.5, 0.6) is 0 Å². The molecule has 1 aromatic carbocycles. The first-order chi connectivity index (χ1) is 12.1. The van der Waals surface area contributed by atoms with Crippen molar-refractivity contribution in [3.8, 4) is 0 Å². The van der Waals surface area contributed by atoms with E-state index in [1.807, 2.05) is 36.1 Å². The number of benzene rings is 1. The predicted octanol–water partition coefficient (Wildman–Crippen LogP) is 2.13. The summed E-state index contributed by atoms with van der Waals surface area (Å²) in [5.74, 6) is 0.858. The number of amides is 2. The Morgan fingerprint density at radius 1 is 1.12 bits per heavy atom. The van der Waals surface area contributed by atoms with E-state index in [-0.39, 0.29) is 18.4 Å². The molecule has 3 rings (SSSR count). The molecule has 0 atom stereocenters. The normalized spacial score (nSPS) is 14.4. The maximum absolute atomic E-state index is 12.4. The third kappa shape index (κ3) is 4.47. The fourth-order valence-corrected chi connectivity index (χ4v) is 3.03. The topological polar surface area (TPSA) is 67.2 Å². The van der Waals surface area contributed by atoms with Gasteiger partial charge in [-0.2, -0.15) is 0 Å². The van der Waals surface area contributed by atoms with Gasteiger partial charge in [-0.1, -0.05) is 12.1 Å². The molecule has 132 valence electrons. The smallest absolute Gasteiger partial charge is 0.253 e. The number of carbonyl (C=O) groups excluding carboxylic acids is 2. The molecular formula is C19H24N4O2. The van der Waals surface area contributed by atoms with Crippen molar-refractivity contribution in [2.45, 2.75) is 39.3 Å². The number of nitrogens with zero attached hydrogens (tertiary/aromatic N) is 3. The number of likely N-dealkylation sites (tertiary alicyclic amines) is 1. The average molecular weight is 340 g/mol. The van der Waals surface area contributed by atoms with Crippen LogP contribution in [0.3, 0.4) is 0 Å². The first-order valence-corrected chi connectivity index (χ1v) is 8.76. The lowest BCUT2D eigenvalue weighted by atomic mass is 10.1. The van der Waals surface area contributed by atoms with Crippen LogP contribution < -0.4 is 5.32 Å². The Labute approximate surface area is 147 Å². The van der Waals surface area contributed by atoms with E-state index in [0.29, 0.717) is 12.1 Å². The molecule has 2 amide bonds. The summed E-state index contributed by atoms with van der Waals surface area (Å²) in [6.07, 6.45) is 6.86. The molecule has 1 saturated heterocycles. The fourth-order valence-electron chi connectivity index (χ4n) is 3.03. The number of aromatic nitrogens is 2. The molecule has 1 aliphatic heterocycles.